The van der Waals surface area contributed by atoms with Gasteiger partial charge >= 0.3 is 0 Å². The zero-order valence-corrected chi connectivity index (χ0v) is 13.0. The normalized spacial score (nSPS) is 16.9. The SMILES string of the molecule is CCn1nccc1S(=O)(=O)NC1(c2cccc(C)c2)CC1. The third-order valence-electron chi connectivity index (χ3n) is 3.90. The van der Waals surface area contributed by atoms with Crippen LogP contribution in [0.5, 0.6) is 0 Å². The average Bonchev–Trinajstić information content (AvgIpc) is 3.04. The molecule has 1 aromatic heterocycles. The van der Waals surface area contributed by atoms with Gasteiger partial charge in [-0.05, 0) is 38.3 Å². The van der Waals surface area contributed by atoms with Crippen LogP contribution in [-0.4, -0.2) is 18.2 Å². The van der Waals surface area contributed by atoms with Crippen molar-refractivity contribution in [2.45, 2.75) is 43.8 Å². The van der Waals surface area contributed by atoms with E-state index in [-0.39, 0.29) is 5.03 Å². The van der Waals surface area contributed by atoms with Gasteiger partial charge in [0.25, 0.3) is 10.0 Å². The van der Waals surface area contributed by atoms with Crippen LogP contribution >= 0.6 is 0 Å². The van der Waals surface area contributed by atoms with E-state index in [0.29, 0.717) is 6.54 Å². The molecule has 0 unspecified atom stereocenters. The molecular weight excluding hydrogens is 286 g/mol. The van der Waals surface area contributed by atoms with Crippen LogP contribution in [0, 0.1) is 6.92 Å². The van der Waals surface area contributed by atoms with E-state index in [1.807, 2.05) is 38.1 Å². The lowest BCUT2D eigenvalue weighted by molar-refractivity contribution is 0.524. The standard InChI is InChI=1S/C15H19N3O2S/c1-3-18-14(7-10-16-18)21(19,20)17-15(8-9-15)13-6-4-5-12(2)11-13/h4-7,10-11,17H,3,8-9H2,1-2H3. The van der Waals surface area contributed by atoms with Crippen LogP contribution in [-0.2, 0) is 22.1 Å². The molecule has 1 N–H and O–H groups in total. The maximum atomic E-state index is 12.6. The third kappa shape index (κ3) is 2.61. The number of aromatic nitrogens is 2. The van der Waals surface area contributed by atoms with Gasteiger partial charge in [-0.25, -0.2) is 8.42 Å². The summed E-state index contributed by atoms with van der Waals surface area (Å²) in [6, 6.07) is 9.56. The summed E-state index contributed by atoms with van der Waals surface area (Å²) in [5.74, 6) is 0. The van der Waals surface area contributed by atoms with Crippen molar-refractivity contribution in [1.82, 2.24) is 14.5 Å². The van der Waals surface area contributed by atoms with E-state index in [0.717, 1.165) is 24.0 Å². The minimum Gasteiger partial charge on any atom is -0.253 e. The molecule has 0 atom stereocenters. The molecule has 1 aliphatic carbocycles. The number of nitrogens with one attached hydrogen (secondary N) is 1. The van der Waals surface area contributed by atoms with Crippen molar-refractivity contribution in [2.75, 3.05) is 0 Å². The Kier molecular flexibility index (Phi) is 3.37. The molecular formula is C15H19N3O2S. The summed E-state index contributed by atoms with van der Waals surface area (Å²) in [6.45, 7) is 4.42. The van der Waals surface area contributed by atoms with Crippen LogP contribution in [0.3, 0.4) is 0 Å². The molecule has 0 radical (unpaired) electrons. The summed E-state index contributed by atoms with van der Waals surface area (Å²) in [5, 5.41) is 4.26. The Balaban J connectivity index is 1.93. The molecule has 1 heterocycles. The minimum atomic E-state index is -3.57. The molecule has 2 aromatic rings. The van der Waals surface area contributed by atoms with Gasteiger partial charge in [0.2, 0.25) is 0 Å². The molecule has 1 saturated carbocycles. The first-order chi connectivity index (χ1) is 9.97. The molecule has 0 amide bonds. The van der Waals surface area contributed by atoms with Crippen molar-refractivity contribution in [1.29, 1.82) is 0 Å². The molecule has 5 nitrogen and oxygen atoms in total. The molecule has 0 aliphatic heterocycles. The zero-order chi connectivity index (χ0) is 15.1. The Bertz CT molecular complexity index is 761. The lowest BCUT2D eigenvalue weighted by Crippen LogP contribution is -2.36. The van der Waals surface area contributed by atoms with Gasteiger partial charge in [-0.1, -0.05) is 29.8 Å². The number of rotatable bonds is 5. The quantitative estimate of drug-likeness (QED) is 0.921. The van der Waals surface area contributed by atoms with Crippen molar-refractivity contribution in [3.63, 3.8) is 0 Å². The Hall–Kier alpha value is -1.66. The summed E-state index contributed by atoms with van der Waals surface area (Å²) in [4.78, 5) is 0. The van der Waals surface area contributed by atoms with E-state index < -0.39 is 15.6 Å². The number of sulfonamides is 1. The second-order valence-corrected chi connectivity index (χ2v) is 7.17. The fourth-order valence-electron chi connectivity index (χ4n) is 2.61. The molecule has 3 rings (SSSR count). The van der Waals surface area contributed by atoms with Crippen molar-refractivity contribution in [2.24, 2.45) is 0 Å². The van der Waals surface area contributed by atoms with E-state index in [1.165, 1.54) is 16.9 Å². The first-order valence-corrected chi connectivity index (χ1v) is 8.58. The smallest absolute Gasteiger partial charge is 0.253 e. The summed E-state index contributed by atoms with van der Waals surface area (Å²) >= 11 is 0. The summed E-state index contributed by atoms with van der Waals surface area (Å²) in [6.07, 6.45) is 3.18. The Morgan fingerprint density at radius 3 is 2.71 bits per heavy atom. The highest BCUT2D eigenvalue weighted by atomic mass is 32.2. The second kappa shape index (κ2) is 4.96. The highest BCUT2D eigenvalue weighted by Crippen LogP contribution is 2.46. The highest BCUT2D eigenvalue weighted by Gasteiger charge is 2.48. The van der Waals surface area contributed by atoms with Crippen LogP contribution < -0.4 is 4.72 Å². The summed E-state index contributed by atoms with van der Waals surface area (Å²) in [5.41, 5.74) is 1.72. The Morgan fingerprint density at radius 1 is 1.33 bits per heavy atom. The van der Waals surface area contributed by atoms with E-state index in [4.69, 9.17) is 0 Å². The maximum Gasteiger partial charge on any atom is 0.258 e. The monoisotopic (exact) mass is 305 g/mol. The Morgan fingerprint density at radius 2 is 2.10 bits per heavy atom. The molecule has 21 heavy (non-hydrogen) atoms. The van der Waals surface area contributed by atoms with Gasteiger partial charge in [-0.3, -0.25) is 4.68 Å². The van der Waals surface area contributed by atoms with Gasteiger partial charge in [0.1, 0.15) is 0 Å². The Labute approximate surface area is 125 Å². The average molecular weight is 305 g/mol. The van der Waals surface area contributed by atoms with Crippen LogP contribution in [0.15, 0.2) is 41.6 Å². The van der Waals surface area contributed by atoms with Gasteiger partial charge in [-0.2, -0.15) is 9.82 Å². The lowest BCUT2D eigenvalue weighted by Gasteiger charge is -2.18. The fourth-order valence-corrected chi connectivity index (χ4v) is 4.25. The molecule has 1 aromatic carbocycles. The van der Waals surface area contributed by atoms with Crippen molar-refractivity contribution < 1.29 is 8.42 Å². The molecule has 1 aliphatic rings. The van der Waals surface area contributed by atoms with Gasteiger partial charge in [-0.15, -0.1) is 0 Å². The van der Waals surface area contributed by atoms with Crippen molar-refractivity contribution >= 4 is 10.0 Å². The summed E-state index contributed by atoms with van der Waals surface area (Å²) in [7, 11) is -3.57. The van der Waals surface area contributed by atoms with E-state index in [9.17, 15) is 8.42 Å². The molecule has 112 valence electrons. The van der Waals surface area contributed by atoms with Crippen LogP contribution in [0.2, 0.25) is 0 Å². The predicted octanol–water partition coefficient (Wildman–Crippen LogP) is 2.18. The van der Waals surface area contributed by atoms with Crippen LogP contribution in [0.1, 0.15) is 30.9 Å². The van der Waals surface area contributed by atoms with Gasteiger partial charge in [0.15, 0.2) is 5.03 Å². The summed E-state index contributed by atoms with van der Waals surface area (Å²) < 4.78 is 29.6. The first-order valence-electron chi connectivity index (χ1n) is 7.10. The third-order valence-corrected chi connectivity index (χ3v) is 5.46. The highest BCUT2D eigenvalue weighted by molar-refractivity contribution is 7.89. The van der Waals surface area contributed by atoms with Gasteiger partial charge in [0.05, 0.1) is 11.7 Å². The predicted molar refractivity (Wildman–Crippen MR) is 80.3 cm³/mol. The second-order valence-electron chi connectivity index (χ2n) is 5.54. The van der Waals surface area contributed by atoms with Crippen LogP contribution in [0.25, 0.3) is 0 Å². The van der Waals surface area contributed by atoms with E-state index >= 15 is 0 Å². The number of benzene rings is 1. The first kappa shape index (κ1) is 14.3. The topological polar surface area (TPSA) is 64.0 Å². The number of aryl methyl sites for hydroxylation is 2. The molecule has 1 fully saturated rings. The largest absolute Gasteiger partial charge is 0.258 e. The van der Waals surface area contributed by atoms with Gasteiger partial charge < -0.3 is 0 Å². The molecule has 0 saturated heterocycles. The number of hydrogen-bond donors (Lipinski definition) is 1. The van der Waals surface area contributed by atoms with Gasteiger partial charge in [0, 0.05) is 6.54 Å². The maximum absolute atomic E-state index is 12.6. The molecule has 6 heteroatoms. The lowest BCUT2D eigenvalue weighted by atomic mass is 10.0. The number of nitrogens with zero attached hydrogens (tertiary/aromatic N) is 2. The molecule has 0 bridgehead atoms. The zero-order valence-electron chi connectivity index (χ0n) is 12.2. The van der Waals surface area contributed by atoms with E-state index in [1.54, 1.807) is 0 Å². The molecule has 0 spiro atoms. The van der Waals surface area contributed by atoms with Crippen molar-refractivity contribution in [3.05, 3.63) is 47.7 Å². The minimum absolute atomic E-state index is 0.226. The van der Waals surface area contributed by atoms with E-state index in [2.05, 4.69) is 9.82 Å². The van der Waals surface area contributed by atoms with Crippen molar-refractivity contribution in [3.8, 4) is 0 Å². The number of hydrogen-bond acceptors (Lipinski definition) is 3. The van der Waals surface area contributed by atoms with Crippen LogP contribution in [0.4, 0.5) is 0 Å². The fraction of sp³-hybridized carbons (Fsp3) is 0.400.